The molecule has 0 spiro atoms. The minimum Gasteiger partial charge on any atom is -0.506 e. The molecule has 3 aliphatic rings. The number of rotatable bonds is 8. The number of aromatic hydroxyl groups is 1. The molecule has 0 saturated carbocycles. The van der Waals surface area contributed by atoms with E-state index in [-0.39, 0.29) is 54.1 Å². The van der Waals surface area contributed by atoms with Gasteiger partial charge in [-0.25, -0.2) is 8.42 Å². The number of piperazine rings is 1. The second-order valence-corrected chi connectivity index (χ2v) is 12.6. The molecule has 2 N–H and O–H groups in total. The zero-order valence-electron chi connectivity index (χ0n) is 21.5. The molecule has 0 radical (unpaired) electrons. The number of hydrogen-bond acceptors (Lipinski definition) is 9. The molecule has 1 saturated heterocycles. The molecular formula is C25H35N5O6S. The standard InChI is InChI=1S/C25H35N5O6S/c1-16(2)11-17(12-22(33)29-9-7-28(3)8-10-29)25(34)30-23(13-18-24(30)21(32)14-27-18)37(35,36)15-19-20(31)5-4-6-26-19/h4-6,16-17,23,27,31H,7-15H2,1-3H3. The van der Waals surface area contributed by atoms with E-state index in [9.17, 15) is 27.9 Å². The molecule has 12 heteroatoms. The number of hydrogen-bond donors (Lipinski definition) is 2. The first-order valence-electron chi connectivity index (χ1n) is 12.6. The minimum atomic E-state index is -4.06. The third-order valence-corrected chi connectivity index (χ3v) is 9.04. The monoisotopic (exact) mass is 533 g/mol. The highest BCUT2D eigenvalue weighted by atomic mass is 32.2. The first-order chi connectivity index (χ1) is 17.5. The lowest BCUT2D eigenvalue weighted by atomic mass is 9.92. The summed E-state index contributed by atoms with van der Waals surface area (Å²) in [6.45, 7) is 6.52. The van der Waals surface area contributed by atoms with Crippen molar-refractivity contribution in [2.45, 2.75) is 44.2 Å². The van der Waals surface area contributed by atoms with Crippen LogP contribution in [0.5, 0.6) is 5.75 Å². The minimum absolute atomic E-state index is 0.00266. The average Bonchev–Trinajstić information content (AvgIpc) is 3.40. The van der Waals surface area contributed by atoms with E-state index >= 15 is 0 Å². The second-order valence-electron chi connectivity index (χ2n) is 10.5. The van der Waals surface area contributed by atoms with Gasteiger partial charge in [0.1, 0.15) is 16.8 Å². The largest absolute Gasteiger partial charge is 0.506 e. The molecule has 1 aromatic rings. The quantitative estimate of drug-likeness (QED) is 0.488. The Hall–Kier alpha value is -2.99. The van der Waals surface area contributed by atoms with Crippen molar-refractivity contribution in [1.29, 1.82) is 0 Å². The first-order valence-corrected chi connectivity index (χ1v) is 14.3. The SMILES string of the molecule is CC(C)CC(CC(=O)N1CCN(C)CC1)C(=O)N1C2=C(CC1S(=O)(=O)Cc1ncccc1O)NCC2=O. The Morgan fingerprint density at radius 2 is 1.92 bits per heavy atom. The Morgan fingerprint density at radius 1 is 1.22 bits per heavy atom. The summed E-state index contributed by atoms with van der Waals surface area (Å²) in [6, 6.07) is 2.84. The Morgan fingerprint density at radius 3 is 2.57 bits per heavy atom. The molecule has 4 rings (SSSR count). The molecule has 4 heterocycles. The third-order valence-electron chi connectivity index (χ3n) is 7.16. The Balaban J connectivity index is 1.62. The van der Waals surface area contributed by atoms with E-state index in [1.165, 1.54) is 18.3 Å². The maximum atomic E-state index is 14.0. The first kappa shape index (κ1) is 27.1. The van der Waals surface area contributed by atoms with Crippen molar-refractivity contribution in [3.05, 3.63) is 35.4 Å². The van der Waals surface area contributed by atoms with Crippen LogP contribution in [0.1, 0.15) is 38.8 Å². The lowest BCUT2D eigenvalue weighted by Crippen LogP contribution is -2.49. The lowest BCUT2D eigenvalue weighted by Gasteiger charge is -2.34. The number of Topliss-reactive ketones (excluding diaryl/α,β-unsaturated/α-hetero) is 1. The van der Waals surface area contributed by atoms with Gasteiger partial charge >= 0.3 is 0 Å². The second kappa shape index (κ2) is 10.8. The van der Waals surface area contributed by atoms with Gasteiger partial charge in [0.25, 0.3) is 0 Å². The number of amides is 2. The van der Waals surface area contributed by atoms with Crippen molar-refractivity contribution in [3.8, 4) is 5.75 Å². The fourth-order valence-electron chi connectivity index (χ4n) is 5.18. The molecule has 1 fully saturated rings. The summed E-state index contributed by atoms with van der Waals surface area (Å²) < 4.78 is 27.1. The molecule has 0 bridgehead atoms. The normalized spacial score (nSPS) is 21.4. The summed E-state index contributed by atoms with van der Waals surface area (Å²) in [7, 11) is -2.07. The van der Waals surface area contributed by atoms with Crippen LogP contribution in [0.4, 0.5) is 0 Å². The molecule has 37 heavy (non-hydrogen) atoms. The number of carbonyl (C=O) groups excluding carboxylic acids is 3. The predicted molar refractivity (Wildman–Crippen MR) is 135 cm³/mol. The van der Waals surface area contributed by atoms with E-state index in [4.69, 9.17) is 0 Å². The molecular weight excluding hydrogens is 498 g/mol. The molecule has 1 aromatic heterocycles. The van der Waals surface area contributed by atoms with Crippen LogP contribution in [0.2, 0.25) is 0 Å². The van der Waals surface area contributed by atoms with Crippen LogP contribution >= 0.6 is 0 Å². The van der Waals surface area contributed by atoms with Gasteiger partial charge in [-0.05, 0) is 31.5 Å². The third kappa shape index (κ3) is 5.80. The number of likely N-dealkylation sites (N-methyl/N-ethyl adjacent to an activating group) is 1. The summed E-state index contributed by atoms with van der Waals surface area (Å²) in [6.07, 6.45) is 1.67. The highest BCUT2D eigenvalue weighted by Crippen LogP contribution is 2.38. The molecule has 2 unspecified atom stereocenters. The van der Waals surface area contributed by atoms with Gasteiger partial charge in [-0.1, -0.05) is 13.8 Å². The topological polar surface area (TPSA) is 140 Å². The highest BCUT2D eigenvalue weighted by Gasteiger charge is 2.49. The molecule has 2 amide bonds. The lowest BCUT2D eigenvalue weighted by molar-refractivity contribution is -0.142. The number of nitrogens with zero attached hydrogens (tertiary/aromatic N) is 4. The van der Waals surface area contributed by atoms with Crippen LogP contribution in [0.15, 0.2) is 29.7 Å². The summed E-state index contributed by atoms with van der Waals surface area (Å²) in [5.41, 5.74) is 0.473. The molecule has 0 aliphatic carbocycles. The fraction of sp³-hybridized carbons (Fsp3) is 0.600. The predicted octanol–water partition coefficient (Wildman–Crippen LogP) is 0.471. The zero-order chi connectivity index (χ0) is 26.9. The number of sulfone groups is 1. The highest BCUT2D eigenvalue weighted by molar-refractivity contribution is 7.91. The van der Waals surface area contributed by atoms with E-state index < -0.39 is 32.8 Å². The van der Waals surface area contributed by atoms with Crippen molar-refractivity contribution in [2.24, 2.45) is 11.8 Å². The van der Waals surface area contributed by atoms with Crippen LogP contribution < -0.4 is 5.32 Å². The van der Waals surface area contributed by atoms with Gasteiger partial charge in [-0.2, -0.15) is 0 Å². The summed E-state index contributed by atoms with van der Waals surface area (Å²) in [5, 5.41) is 11.7. The molecule has 0 aromatic carbocycles. The smallest absolute Gasteiger partial charge is 0.231 e. The maximum Gasteiger partial charge on any atom is 0.231 e. The molecule has 11 nitrogen and oxygen atoms in total. The van der Waals surface area contributed by atoms with Gasteiger partial charge in [0, 0.05) is 56.8 Å². The van der Waals surface area contributed by atoms with Gasteiger partial charge in [0.15, 0.2) is 15.6 Å². The molecule has 2 atom stereocenters. The number of ketones is 1. The number of carbonyl (C=O) groups is 3. The van der Waals surface area contributed by atoms with E-state index in [0.29, 0.717) is 25.2 Å². The number of nitrogens with one attached hydrogen (secondary N) is 1. The zero-order valence-corrected chi connectivity index (χ0v) is 22.3. The number of pyridine rings is 1. The van der Waals surface area contributed by atoms with Crippen LogP contribution in [0, 0.1) is 11.8 Å². The Bertz CT molecular complexity index is 1210. The van der Waals surface area contributed by atoms with E-state index in [1.807, 2.05) is 20.9 Å². The average molecular weight is 534 g/mol. The summed E-state index contributed by atoms with van der Waals surface area (Å²) in [4.78, 5) is 48.9. The van der Waals surface area contributed by atoms with Gasteiger partial charge in [0.2, 0.25) is 11.8 Å². The van der Waals surface area contributed by atoms with E-state index in [0.717, 1.165) is 18.0 Å². The van der Waals surface area contributed by atoms with Gasteiger partial charge < -0.3 is 20.2 Å². The van der Waals surface area contributed by atoms with Crippen LogP contribution in [0.25, 0.3) is 0 Å². The maximum absolute atomic E-state index is 14.0. The van der Waals surface area contributed by atoms with E-state index in [2.05, 4.69) is 15.2 Å². The van der Waals surface area contributed by atoms with Crippen molar-refractivity contribution >= 4 is 27.4 Å². The summed E-state index contributed by atoms with van der Waals surface area (Å²) in [5.74, 6) is -2.57. The van der Waals surface area contributed by atoms with Gasteiger partial charge in [-0.15, -0.1) is 0 Å². The van der Waals surface area contributed by atoms with Gasteiger partial charge in [0.05, 0.1) is 18.0 Å². The van der Waals surface area contributed by atoms with Crippen molar-refractivity contribution in [1.82, 2.24) is 25.0 Å². The fourth-order valence-corrected chi connectivity index (χ4v) is 6.93. The number of aromatic nitrogens is 1. The van der Waals surface area contributed by atoms with Crippen LogP contribution in [-0.4, -0.2) is 96.0 Å². The van der Waals surface area contributed by atoms with Crippen LogP contribution in [0.3, 0.4) is 0 Å². The Labute approximate surface area is 217 Å². The summed E-state index contributed by atoms with van der Waals surface area (Å²) >= 11 is 0. The van der Waals surface area contributed by atoms with Crippen LogP contribution in [-0.2, 0) is 30.0 Å². The van der Waals surface area contributed by atoms with Gasteiger partial charge in [-0.3, -0.25) is 24.3 Å². The molecule has 3 aliphatic heterocycles. The molecule has 202 valence electrons. The van der Waals surface area contributed by atoms with E-state index in [1.54, 1.807) is 4.90 Å². The Kier molecular flexibility index (Phi) is 7.88. The van der Waals surface area contributed by atoms with Crippen molar-refractivity contribution in [3.63, 3.8) is 0 Å². The van der Waals surface area contributed by atoms with Crippen molar-refractivity contribution < 1.29 is 27.9 Å². The van der Waals surface area contributed by atoms with Crippen molar-refractivity contribution in [2.75, 3.05) is 39.8 Å².